The monoisotopic (exact) mass is 384 g/mol. The van der Waals surface area contributed by atoms with E-state index in [9.17, 15) is 18.3 Å². The van der Waals surface area contributed by atoms with Crippen molar-refractivity contribution >= 4 is 15.9 Å². The van der Waals surface area contributed by atoms with Crippen molar-refractivity contribution in [2.24, 2.45) is 10.9 Å². The molecule has 0 saturated heterocycles. The highest BCUT2D eigenvalue weighted by molar-refractivity contribution is 7.89. The lowest BCUT2D eigenvalue weighted by atomic mass is 9.88. The molecule has 0 bridgehead atoms. The fourth-order valence-corrected chi connectivity index (χ4v) is 3.92. The van der Waals surface area contributed by atoms with Gasteiger partial charge in [-0.1, -0.05) is 0 Å². The van der Waals surface area contributed by atoms with Gasteiger partial charge in [0.25, 0.3) is 5.91 Å². The summed E-state index contributed by atoms with van der Waals surface area (Å²) in [7, 11) is -3.81. The zero-order valence-electron chi connectivity index (χ0n) is 14.1. The zero-order chi connectivity index (χ0) is 19.3. The highest BCUT2D eigenvalue weighted by Gasteiger charge is 2.28. The number of rotatable bonds is 3. The van der Waals surface area contributed by atoms with Gasteiger partial charge in [-0.05, 0) is 60.9 Å². The number of sulfonamides is 1. The van der Waals surface area contributed by atoms with E-state index in [1.165, 1.54) is 12.1 Å². The Hall–Kier alpha value is -3.17. The Bertz CT molecular complexity index is 1180. The number of fused-ring (bicyclic) bond motifs is 3. The van der Waals surface area contributed by atoms with Gasteiger partial charge in [-0.15, -0.1) is 0 Å². The van der Waals surface area contributed by atoms with E-state index in [0.29, 0.717) is 24.2 Å². The van der Waals surface area contributed by atoms with Crippen LogP contribution >= 0.6 is 0 Å². The maximum atomic E-state index is 11.9. The average Bonchev–Trinajstić information content (AvgIpc) is 3.01. The minimum atomic E-state index is -3.81. The second-order valence-electron chi connectivity index (χ2n) is 6.33. The van der Waals surface area contributed by atoms with Gasteiger partial charge in [0.2, 0.25) is 10.0 Å². The normalized spacial score (nSPS) is 13.1. The number of benzene rings is 2. The number of hydrogen-bond donors (Lipinski definition) is 3. The SMILES string of the molecule is NC(=O)c1nn(-c2ccc(S(N)(=O)=O)cc2)c2c1CCc1cc(O)ccc1-2. The lowest BCUT2D eigenvalue weighted by Crippen LogP contribution is -2.15. The molecule has 0 fully saturated rings. The van der Waals surface area contributed by atoms with Crippen LogP contribution in [0.15, 0.2) is 47.4 Å². The summed E-state index contributed by atoms with van der Waals surface area (Å²) in [6.45, 7) is 0. The molecule has 5 N–H and O–H groups in total. The molecule has 0 aliphatic heterocycles. The van der Waals surface area contributed by atoms with Crippen LogP contribution in [-0.4, -0.2) is 29.2 Å². The number of carbonyl (C=O) groups excluding carboxylic acids is 1. The second kappa shape index (κ2) is 5.93. The molecule has 4 rings (SSSR count). The first kappa shape index (κ1) is 17.3. The number of phenolic OH excluding ortho intramolecular Hbond substituents is 1. The summed E-state index contributed by atoms with van der Waals surface area (Å²) in [5.41, 5.74) is 9.45. The number of nitrogens with two attached hydrogens (primary N) is 2. The number of primary amides is 1. The van der Waals surface area contributed by atoms with E-state index in [0.717, 1.165) is 16.7 Å². The molecule has 0 spiro atoms. The van der Waals surface area contributed by atoms with Gasteiger partial charge in [0, 0.05) is 11.1 Å². The van der Waals surface area contributed by atoms with Crippen LogP contribution in [0.3, 0.4) is 0 Å². The van der Waals surface area contributed by atoms with Crippen LogP contribution in [-0.2, 0) is 22.9 Å². The third-order valence-electron chi connectivity index (χ3n) is 4.61. The Labute approximate surface area is 155 Å². The maximum Gasteiger partial charge on any atom is 0.269 e. The molecule has 3 aromatic rings. The fourth-order valence-electron chi connectivity index (χ4n) is 3.40. The number of aromatic hydroxyl groups is 1. The van der Waals surface area contributed by atoms with Crippen molar-refractivity contribution in [3.8, 4) is 22.7 Å². The summed E-state index contributed by atoms with van der Waals surface area (Å²) in [5, 5.41) is 19.3. The molecule has 0 unspecified atom stereocenters. The molecule has 2 aromatic carbocycles. The number of aromatic nitrogens is 2. The van der Waals surface area contributed by atoms with Gasteiger partial charge >= 0.3 is 0 Å². The van der Waals surface area contributed by atoms with Gasteiger partial charge < -0.3 is 10.8 Å². The fraction of sp³-hybridized carbons (Fsp3) is 0.111. The molecule has 27 heavy (non-hydrogen) atoms. The molecule has 138 valence electrons. The minimum absolute atomic E-state index is 0.0206. The predicted molar refractivity (Wildman–Crippen MR) is 98.0 cm³/mol. The van der Waals surface area contributed by atoms with E-state index < -0.39 is 15.9 Å². The van der Waals surface area contributed by atoms with Crippen molar-refractivity contribution in [3.63, 3.8) is 0 Å². The van der Waals surface area contributed by atoms with Gasteiger partial charge in [0.1, 0.15) is 5.75 Å². The third-order valence-corrected chi connectivity index (χ3v) is 5.54. The first-order valence-electron chi connectivity index (χ1n) is 8.13. The number of primary sulfonamides is 1. The Morgan fingerprint density at radius 2 is 1.81 bits per heavy atom. The Morgan fingerprint density at radius 3 is 2.44 bits per heavy atom. The largest absolute Gasteiger partial charge is 0.508 e. The van der Waals surface area contributed by atoms with E-state index in [-0.39, 0.29) is 16.3 Å². The summed E-state index contributed by atoms with van der Waals surface area (Å²) in [6, 6.07) is 10.9. The van der Waals surface area contributed by atoms with Crippen molar-refractivity contribution in [2.75, 3.05) is 0 Å². The summed E-state index contributed by atoms with van der Waals surface area (Å²) in [6.07, 6.45) is 1.20. The predicted octanol–water partition coefficient (Wildman–Crippen LogP) is 1.09. The summed E-state index contributed by atoms with van der Waals surface area (Å²) in [5.74, 6) is -0.468. The molecule has 0 saturated carbocycles. The van der Waals surface area contributed by atoms with Crippen LogP contribution in [0.2, 0.25) is 0 Å². The zero-order valence-corrected chi connectivity index (χ0v) is 14.9. The molecule has 0 atom stereocenters. The van der Waals surface area contributed by atoms with Crippen LogP contribution in [0.5, 0.6) is 5.75 Å². The van der Waals surface area contributed by atoms with Crippen molar-refractivity contribution in [3.05, 3.63) is 59.3 Å². The topological polar surface area (TPSA) is 141 Å². The molecule has 8 nitrogen and oxygen atoms in total. The van der Waals surface area contributed by atoms with Crippen LogP contribution in [0.4, 0.5) is 0 Å². The second-order valence-corrected chi connectivity index (χ2v) is 7.89. The van der Waals surface area contributed by atoms with Gasteiger partial charge in [-0.3, -0.25) is 4.79 Å². The lowest BCUT2D eigenvalue weighted by Gasteiger charge is -2.19. The van der Waals surface area contributed by atoms with E-state index in [2.05, 4.69) is 5.10 Å². The molecular weight excluding hydrogens is 368 g/mol. The van der Waals surface area contributed by atoms with Crippen molar-refractivity contribution in [1.29, 1.82) is 0 Å². The molecule has 1 aromatic heterocycles. The summed E-state index contributed by atoms with van der Waals surface area (Å²) in [4.78, 5) is 11.9. The first-order chi connectivity index (χ1) is 12.8. The molecule has 9 heteroatoms. The molecule has 1 amide bonds. The first-order valence-corrected chi connectivity index (χ1v) is 9.67. The highest BCUT2D eigenvalue weighted by atomic mass is 32.2. The summed E-state index contributed by atoms with van der Waals surface area (Å²) >= 11 is 0. The van der Waals surface area contributed by atoms with Gasteiger partial charge in [0.05, 0.1) is 16.3 Å². The third kappa shape index (κ3) is 2.86. The van der Waals surface area contributed by atoms with E-state index in [1.807, 2.05) is 0 Å². The van der Waals surface area contributed by atoms with Gasteiger partial charge in [0.15, 0.2) is 5.69 Å². The molecule has 1 aliphatic carbocycles. The molecular formula is C18H16N4O4S. The van der Waals surface area contributed by atoms with Gasteiger partial charge in [-0.2, -0.15) is 5.10 Å². The Balaban J connectivity index is 1.95. The maximum absolute atomic E-state index is 11.9. The van der Waals surface area contributed by atoms with E-state index >= 15 is 0 Å². The van der Waals surface area contributed by atoms with Crippen LogP contribution in [0.1, 0.15) is 21.6 Å². The molecule has 1 heterocycles. The van der Waals surface area contributed by atoms with E-state index in [1.54, 1.807) is 35.0 Å². The van der Waals surface area contributed by atoms with Crippen molar-refractivity contribution < 1.29 is 18.3 Å². The summed E-state index contributed by atoms with van der Waals surface area (Å²) < 4.78 is 24.5. The Kier molecular flexibility index (Phi) is 3.79. The average molecular weight is 384 g/mol. The highest BCUT2D eigenvalue weighted by Crippen LogP contribution is 2.38. The minimum Gasteiger partial charge on any atom is -0.508 e. The van der Waals surface area contributed by atoms with Crippen LogP contribution < -0.4 is 10.9 Å². The van der Waals surface area contributed by atoms with Gasteiger partial charge in [-0.25, -0.2) is 18.2 Å². The number of nitrogens with zero attached hydrogens (tertiary/aromatic N) is 2. The number of phenols is 1. The van der Waals surface area contributed by atoms with Crippen LogP contribution in [0.25, 0.3) is 16.9 Å². The van der Waals surface area contributed by atoms with Crippen molar-refractivity contribution in [1.82, 2.24) is 9.78 Å². The number of aryl methyl sites for hydroxylation is 1. The smallest absolute Gasteiger partial charge is 0.269 e. The van der Waals surface area contributed by atoms with E-state index in [4.69, 9.17) is 10.9 Å². The Morgan fingerprint density at radius 1 is 1.11 bits per heavy atom. The number of amides is 1. The number of hydrogen-bond acceptors (Lipinski definition) is 5. The molecule has 0 radical (unpaired) electrons. The molecule has 1 aliphatic rings. The van der Waals surface area contributed by atoms with Crippen LogP contribution in [0, 0.1) is 0 Å². The quantitative estimate of drug-likeness (QED) is 0.620. The van der Waals surface area contributed by atoms with Crippen molar-refractivity contribution in [2.45, 2.75) is 17.7 Å². The standard InChI is InChI=1S/C18H16N4O4S/c19-18(24)16-15-7-1-10-9-12(23)4-8-14(10)17(15)22(21-16)11-2-5-13(6-3-11)27(20,25)26/h2-6,8-9,23H,1,7H2,(H2,19,24)(H2,20,25,26). The lowest BCUT2D eigenvalue weighted by molar-refractivity contribution is 0.0994. The number of carbonyl (C=O) groups is 1.